The van der Waals surface area contributed by atoms with Crippen LogP contribution in [0.2, 0.25) is 0 Å². The van der Waals surface area contributed by atoms with Gasteiger partial charge in [0.05, 0.1) is 31.9 Å². The molecule has 1 unspecified atom stereocenters. The average Bonchev–Trinajstić information content (AvgIpc) is 3.56. The molecule has 3 aromatic rings. The first-order valence-corrected chi connectivity index (χ1v) is 14.4. The minimum atomic E-state index is -0.911. The number of rotatable bonds is 7. The van der Waals surface area contributed by atoms with Gasteiger partial charge in [0.2, 0.25) is 0 Å². The highest BCUT2D eigenvalue weighted by Crippen LogP contribution is 2.55. The summed E-state index contributed by atoms with van der Waals surface area (Å²) >= 11 is 0. The summed E-state index contributed by atoms with van der Waals surface area (Å²) in [5, 5.41) is 11.3. The van der Waals surface area contributed by atoms with E-state index in [1.165, 1.54) is 12.0 Å². The first kappa shape index (κ1) is 26.2. The number of likely N-dealkylation sites (tertiary alicyclic amines) is 1. The molecule has 0 radical (unpaired) electrons. The molecule has 0 saturated carbocycles. The van der Waals surface area contributed by atoms with E-state index in [9.17, 15) is 14.7 Å². The van der Waals surface area contributed by atoms with Gasteiger partial charge in [0.1, 0.15) is 5.54 Å². The Kier molecular flexibility index (Phi) is 6.56. The normalized spacial score (nSPS) is 26.7. The van der Waals surface area contributed by atoms with Crippen molar-refractivity contribution in [2.75, 3.05) is 59.6 Å². The number of benzene rings is 2. The summed E-state index contributed by atoms with van der Waals surface area (Å²) in [6.07, 6.45) is 2.52. The number of phenolic OH excluding ortho intramolecular Hbond substituents is 1. The zero-order valence-corrected chi connectivity index (χ0v) is 23.2. The van der Waals surface area contributed by atoms with Crippen LogP contribution in [0.15, 0.2) is 54.7 Å². The Labute approximate surface area is 239 Å². The topological polar surface area (TPSA) is 98.7 Å². The molecule has 3 atom stereocenters. The second kappa shape index (κ2) is 10.3. The molecular formula is C31H35N5O5. The third-order valence-electron chi connectivity index (χ3n) is 9.36. The Morgan fingerprint density at radius 1 is 1.07 bits per heavy atom. The van der Waals surface area contributed by atoms with E-state index < -0.39 is 5.54 Å². The van der Waals surface area contributed by atoms with Crippen LogP contribution in [-0.2, 0) is 16.1 Å². The van der Waals surface area contributed by atoms with Crippen molar-refractivity contribution in [3.8, 4) is 11.5 Å². The fourth-order valence-electron chi connectivity index (χ4n) is 7.44. The lowest BCUT2D eigenvalue weighted by Crippen LogP contribution is -2.51. The van der Waals surface area contributed by atoms with Gasteiger partial charge in [-0.1, -0.05) is 24.3 Å². The number of para-hydroxylation sites is 1. The summed E-state index contributed by atoms with van der Waals surface area (Å²) in [5.41, 5.74) is 1.96. The van der Waals surface area contributed by atoms with E-state index in [4.69, 9.17) is 9.47 Å². The number of nitrogens with zero attached hydrogens (tertiary/aromatic N) is 5. The molecule has 4 fully saturated rings. The zero-order valence-electron chi connectivity index (χ0n) is 23.2. The van der Waals surface area contributed by atoms with Crippen molar-refractivity contribution in [1.82, 2.24) is 24.6 Å². The Morgan fingerprint density at radius 2 is 1.90 bits per heavy atom. The van der Waals surface area contributed by atoms with Crippen molar-refractivity contribution >= 4 is 22.8 Å². The van der Waals surface area contributed by atoms with Crippen molar-refractivity contribution in [2.24, 2.45) is 5.92 Å². The molecule has 3 amide bonds. The third-order valence-corrected chi connectivity index (χ3v) is 9.36. The molecule has 2 aromatic carbocycles. The number of hydrogen-bond acceptors (Lipinski definition) is 8. The van der Waals surface area contributed by atoms with Gasteiger partial charge in [-0.2, -0.15) is 0 Å². The standard InChI is InChI=1S/C31H35N5O5/c1-40-28-7-6-21(16-27(28)37)18-34-19-22-17-26(24-8-9-32-25-5-3-2-4-23(24)25)36-30(39)35(29(38)31(22,36)20-34)11-10-33-12-14-41-15-13-33/h2-9,16,22,26,37H,10-15,17-20H2,1H3/t22-,26-,31?/m0/s1. The second-order valence-corrected chi connectivity index (χ2v) is 11.5. The smallest absolute Gasteiger partial charge is 0.328 e. The fraction of sp³-hybridized carbons (Fsp3) is 0.452. The van der Waals surface area contributed by atoms with Crippen molar-refractivity contribution in [1.29, 1.82) is 0 Å². The summed E-state index contributed by atoms with van der Waals surface area (Å²) in [7, 11) is 1.53. The number of phenols is 1. The van der Waals surface area contributed by atoms with Gasteiger partial charge in [0.25, 0.3) is 5.91 Å². The summed E-state index contributed by atoms with van der Waals surface area (Å²) in [6.45, 7) is 5.71. The SMILES string of the molecule is COc1ccc(CN2C[C@@H]3C[C@@H](c4ccnc5ccccc45)N4C(=O)N(CCN5CCOCC5)C(=O)C34C2)cc1O. The highest BCUT2D eigenvalue weighted by atomic mass is 16.5. The highest BCUT2D eigenvalue weighted by molar-refractivity contribution is 6.08. The van der Waals surface area contributed by atoms with Crippen LogP contribution in [0.4, 0.5) is 4.79 Å². The molecule has 10 nitrogen and oxygen atoms in total. The molecule has 1 spiro atoms. The van der Waals surface area contributed by atoms with E-state index in [0.717, 1.165) is 35.1 Å². The van der Waals surface area contributed by atoms with E-state index in [0.29, 0.717) is 58.1 Å². The van der Waals surface area contributed by atoms with Crippen molar-refractivity contribution in [2.45, 2.75) is 24.5 Å². The molecule has 4 aliphatic heterocycles. The van der Waals surface area contributed by atoms with Gasteiger partial charge in [-0.05, 0) is 41.8 Å². The number of carbonyl (C=O) groups excluding carboxylic acids is 2. The van der Waals surface area contributed by atoms with Crippen LogP contribution in [0, 0.1) is 5.92 Å². The molecule has 214 valence electrons. The lowest BCUT2D eigenvalue weighted by Gasteiger charge is -2.32. The van der Waals surface area contributed by atoms with E-state index in [2.05, 4.69) is 20.9 Å². The van der Waals surface area contributed by atoms with Gasteiger partial charge < -0.3 is 19.5 Å². The number of methoxy groups -OCH3 is 1. The molecule has 4 aliphatic rings. The van der Waals surface area contributed by atoms with Gasteiger partial charge in [0, 0.05) is 63.3 Å². The molecule has 41 heavy (non-hydrogen) atoms. The number of ether oxygens (including phenoxy) is 2. The Hall–Kier alpha value is -3.73. The van der Waals surface area contributed by atoms with Crippen LogP contribution in [0.5, 0.6) is 11.5 Å². The molecule has 7 rings (SSSR count). The molecule has 0 bridgehead atoms. The summed E-state index contributed by atoms with van der Waals surface area (Å²) in [6, 6.07) is 15.0. The number of fused-ring (bicyclic) bond motifs is 1. The average molecular weight is 558 g/mol. The Bertz CT molecular complexity index is 1490. The quantitative estimate of drug-likeness (QED) is 0.443. The number of carbonyl (C=O) groups is 2. The molecule has 1 N–H and O–H groups in total. The maximum absolute atomic E-state index is 14.4. The van der Waals surface area contributed by atoms with Gasteiger partial charge in [-0.25, -0.2) is 4.79 Å². The fourth-order valence-corrected chi connectivity index (χ4v) is 7.44. The van der Waals surface area contributed by atoms with Gasteiger partial charge in [-0.15, -0.1) is 0 Å². The number of urea groups is 1. The monoisotopic (exact) mass is 557 g/mol. The lowest BCUT2D eigenvalue weighted by atomic mass is 9.87. The van der Waals surface area contributed by atoms with Crippen LogP contribution < -0.4 is 4.74 Å². The minimum absolute atomic E-state index is 0.00360. The zero-order chi connectivity index (χ0) is 28.1. The van der Waals surface area contributed by atoms with E-state index in [-0.39, 0.29) is 29.6 Å². The number of amides is 3. The largest absolute Gasteiger partial charge is 0.504 e. The van der Waals surface area contributed by atoms with E-state index in [1.54, 1.807) is 18.3 Å². The molecule has 0 aliphatic carbocycles. The molecule has 1 aromatic heterocycles. The highest BCUT2D eigenvalue weighted by Gasteiger charge is 2.70. The van der Waals surface area contributed by atoms with E-state index >= 15 is 0 Å². The summed E-state index contributed by atoms with van der Waals surface area (Å²) in [4.78, 5) is 41.0. The van der Waals surface area contributed by atoms with Gasteiger partial charge in [-0.3, -0.25) is 24.5 Å². The van der Waals surface area contributed by atoms with Crippen molar-refractivity contribution in [3.63, 3.8) is 0 Å². The van der Waals surface area contributed by atoms with Crippen LogP contribution in [0.25, 0.3) is 10.9 Å². The van der Waals surface area contributed by atoms with E-state index in [1.807, 2.05) is 35.2 Å². The second-order valence-electron chi connectivity index (χ2n) is 11.5. The van der Waals surface area contributed by atoms with Gasteiger partial charge in [0.15, 0.2) is 11.5 Å². The molecule has 4 saturated heterocycles. The number of aromatic nitrogens is 1. The molecule has 5 heterocycles. The lowest BCUT2D eigenvalue weighted by molar-refractivity contribution is -0.133. The Balaban J connectivity index is 1.21. The summed E-state index contributed by atoms with van der Waals surface area (Å²) in [5.74, 6) is 0.435. The number of imide groups is 1. The van der Waals surface area contributed by atoms with Crippen molar-refractivity contribution < 1.29 is 24.2 Å². The maximum atomic E-state index is 14.4. The number of hydrogen-bond donors (Lipinski definition) is 1. The van der Waals surface area contributed by atoms with Crippen LogP contribution >= 0.6 is 0 Å². The maximum Gasteiger partial charge on any atom is 0.328 e. The predicted molar refractivity (Wildman–Crippen MR) is 151 cm³/mol. The number of pyridine rings is 1. The molecular weight excluding hydrogens is 522 g/mol. The number of aromatic hydroxyl groups is 1. The van der Waals surface area contributed by atoms with Crippen LogP contribution in [0.1, 0.15) is 23.6 Å². The first-order valence-electron chi connectivity index (χ1n) is 14.4. The predicted octanol–water partition coefficient (Wildman–Crippen LogP) is 2.86. The van der Waals surface area contributed by atoms with Gasteiger partial charge >= 0.3 is 6.03 Å². The molecule has 10 heteroatoms. The third kappa shape index (κ3) is 4.24. The minimum Gasteiger partial charge on any atom is -0.504 e. The summed E-state index contributed by atoms with van der Waals surface area (Å²) < 4.78 is 10.7. The van der Waals surface area contributed by atoms with Crippen LogP contribution in [-0.4, -0.2) is 107 Å². The van der Waals surface area contributed by atoms with Crippen LogP contribution in [0.3, 0.4) is 0 Å². The Morgan fingerprint density at radius 3 is 2.71 bits per heavy atom. The van der Waals surface area contributed by atoms with Crippen molar-refractivity contribution in [3.05, 3.63) is 65.9 Å². The first-order chi connectivity index (χ1) is 20.0. The number of morpholine rings is 1.